The summed E-state index contributed by atoms with van der Waals surface area (Å²) in [5.74, 6) is -0.0590. The highest BCUT2D eigenvalue weighted by atomic mass is 16.5. The molecule has 0 radical (unpaired) electrons. The van der Waals surface area contributed by atoms with E-state index in [0.717, 1.165) is 17.8 Å². The normalized spacial score (nSPS) is 12.0. The Balaban J connectivity index is 2.02. The van der Waals surface area contributed by atoms with Crippen LogP contribution in [0.25, 0.3) is 0 Å². The quantitative estimate of drug-likeness (QED) is 0.820. The molecule has 2 N–H and O–H groups in total. The third-order valence-electron chi connectivity index (χ3n) is 3.72. The van der Waals surface area contributed by atoms with Crippen LogP contribution >= 0.6 is 0 Å². The first kappa shape index (κ1) is 17.2. The van der Waals surface area contributed by atoms with E-state index in [1.54, 1.807) is 7.11 Å². The van der Waals surface area contributed by atoms with Crippen molar-refractivity contribution < 1.29 is 9.53 Å². The van der Waals surface area contributed by atoms with Crippen LogP contribution in [0.3, 0.4) is 0 Å². The Morgan fingerprint density at radius 2 is 1.87 bits per heavy atom. The van der Waals surface area contributed by atoms with Crippen molar-refractivity contribution in [1.29, 1.82) is 0 Å². The standard InChI is InChI=1S/C19H24N2O2/c1-14(16-9-6-10-19(11-16)21-15(2)22)20-12-17-7-4-5-8-18(17)13-23-3/h4-11,14,20H,12-13H2,1-3H3,(H,21,22). The van der Waals surface area contributed by atoms with E-state index in [9.17, 15) is 4.79 Å². The Kier molecular flexibility index (Phi) is 6.32. The lowest BCUT2D eigenvalue weighted by Gasteiger charge is -2.17. The highest BCUT2D eigenvalue weighted by molar-refractivity contribution is 5.88. The van der Waals surface area contributed by atoms with Crippen molar-refractivity contribution in [2.24, 2.45) is 0 Å². The maximum atomic E-state index is 11.2. The van der Waals surface area contributed by atoms with Crippen LogP contribution in [-0.4, -0.2) is 13.0 Å². The molecule has 1 unspecified atom stereocenters. The number of amides is 1. The summed E-state index contributed by atoms with van der Waals surface area (Å²) in [4.78, 5) is 11.2. The van der Waals surface area contributed by atoms with Gasteiger partial charge in [-0.15, -0.1) is 0 Å². The predicted molar refractivity (Wildman–Crippen MR) is 93.2 cm³/mol. The summed E-state index contributed by atoms with van der Waals surface area (Å²) in [6.07, 6.45) is 0. The molecule has 0 saturated carbocycles. The van der Waals surface area contributed by atoms with Crippen molar-refractivity contribution in [3.8, 4) is 0 Å². The largest absolute Gasteiger partial charge is 0.380 e. The molecule has 0 spiro atoms. The molecule has 0 heterocycles. The van der Waals surface area contributed by atoms with Gasteiger partial charge in [0.25, 0.3) is 0 Å². The lowest BCUT2D eigenvalue weighted by molar-refractivity contribution is -0.114. The predicted octanol–water partition coefficient (Wildman–Crippen LogP) is 3.64. The third kappa shape index (κ3) is 5.20. The summed E-state index contributed by atoms with van der Waals surface area (Å²) in [5.41, 5.74) is 4.39. The van der Waals surface area contributed by atoms with E-state index < -0.39 is 0 Å². The van der Waals surface area contributed by atoms with Gasteiger partial charge in [0.05, 0.1) is 6.61 Å². The Labute approximate surface area is 137 Å². The SMILES string of the molecule is COCc1ccccc1CNC(C)c1cccc(NC(C)=O)c1. The molecule has 2 rings (SSSR count). The van der Waals surface area contributed by atoms with Gasteiger partial charge in [0.2, 0.25) is 5.91 Å². The van der Waals surface area contributed by atoms with E-state index in [4.69, 9.17) is 4.74 Å². The summed E-state index contributed by atoms with van der Waals surface area (Å²) in [6.45, 7) is 5.02. The number of hydrogen-bond acceptors (Lipinski definition) is 3. The Morgan fingerprint density at radius 3 is 2.57 bits per heavy atom. The van der Waals surface area contributed by atoms with Gasteiger partial charge in [-0.25, -0.2) is 0 Å². The van der Waals surface area contributed by atoms with Crippen molar-refractivity contribution in [3.63, 3.8) is 0 Å². The molecule has 23 heavy (non-hydrogen) atoms. The van der Waals surface area contributed by atoms with Crippen LogP contribution in [0.5, 0.6) is 0 Å². The Morgan fingerprint density at radius 1 is 1.13 bits per heavy atom. The molecule has 0 aliphatic carbocycles. The van der Waals surface area contributed by atoms with Crippen molar-refractivity contribution in [2.75, 3.05) is 12.4 Å². The van der Waals surface area contributed by atoms with E-state index in [2.05, 4.69) is 35.8 Å². The summed E-state index contributed by atoms with van der Waals surface area (Å²) in [7, 11) is 1.71. The van der Waals surface area contributed by atoms with Gasteiger partial charge in [-0.2, -0.15) is 0 Å². The number of methoxy groups -OCH3 is 1. The number of nitrogens with one attached hydrogen (secondary N) is 2. The van der Waals surface area contributed by atoms with Gasteiger partial charge in [-0.05, 0) is 35.7 Å². The molecule has 122 valence electrons. The first-order valence-corrected chi connectivity index (χ1v) is 7.77. The molecule has 4 nitrogen and oxygen atoms in total. The maximum Gasteiger partial charge on any atom is 0.221 e. The molecule has 0 aliphatic rings. The minimum atomic E-state index is -0.0590. The summed E-state index contributed by atoms with van der Waals surface area (Å²) in [5, 5.41) is 6.34. The zero-order valence-electron chi connectivity index (χ0n) is 13.9. The molecule has 1 amide bonds. The van der Waals surface area contributed by atoms with Gasteiger partial charge in [0, 0.05) is 32.3 Å². The molecule has 0 fully saturated rings. The molecule has 2 aromatic rings. The molecule has 0 saturated heterocycles. The number of benzene rings is 2. The Hall–Kier alpha value is -2.17. The van der Waals surface area contributed by atoms with E-state index in [1.807, 2.05) is 30.3 Å². The topological polar surface area (TPSA) is 50.4 Å². The molecular weight excluding hydrogens is 288 g/mol. The fourth-order valence-corrected chi connectivity index (χ4v) is 2.50. The number of carbonyl (C=O) groups excluding carboxylic acids is 1. The number of anilines is 1. The van der Waals surface area contributed by atoms with E-state index in [0.29, 0.717) is 6.61 Å². The van der Waals surface area contributed by atoms with Crippen molar-refractivity contribution in [2.45, 2.75) is 33.0 Å². The van der Waals surface area contributed by atoms with Gasteiger partial charge in [-0.1, -0.05) is 36.4 Å². The fourth-order valence-electron chi connectivity index (χ4n) is 2.50. The molecule has 2 aromatic carbocycles. The highest BCUT2D eigenvalue weighted by Gasteiger charge is 2.08. The van der Waals surface area contributed by atoms with Gasteiger partial charge in [-0.3, -0.25) is 4.79 Å². The van der Waals surface area contributed by atoms with E-state index >= 15 is 0 Å². The van der Waals surface area contributed by atoms with Gasteiger partial charge in [0.1, 0.15) is 0 Å². The second-order valence-electron chi connectivity index (χ2n) is 5.61. The minimum absolute atomic E-state index is 0.0590. The van der Waals surface area contributed by atoms with Crippen LogP contribution in [0.15, 0.2) is 48.5 Å². The average molecular weight is 312 g/mol. The van der Waals surface area contributed by atoms with Gasteiger partial charge >= 0.3 is 0 Å². The monoisotopic (exact) mass is 312 g/mol. The molecular formula is C19H24N2O2. The first-order chi connectivity index (χ1) is 11.1. The van der Waals surface area contributed by atoms with E-state index in [1.165, 1.54) is 18.1 Å². The molecule has 1 atom stereocenters. The maximum absolute atomic E-state index is 11.2. The molecule has 0 aliphatic heterocycles. The van der Waals surface area contributed by atoms with Crippen LogP contribution in [0.4, 0.5) is 5.69 Å². The average Bonchev–Trinajstić information content (AvgIpc) is 2.53. The van der Waals surface area contributed by atoms with Crippen LogP contribution < -0.4 is 10.6 Å². The summed E-state index contributed by atoms with van der Waals surface area (Å²) >= 11 is 0. The highest BCUT2D eigenvalue weighted by Crippen LogP contribution is 2.18. The zero-order valence-corrected chi connectivity index (χ0v) is 13.9. The van der Waals surface area contributed by atoms with Gasteiger partial charge in [0.15, 0.2) is 0 Å². The van der Waals surface area contributed by atoms with E-state index in [-0.39, 0.29) is 11.9 Å². The van der Waals surface area contributed by atoms with Gasteiger partial charge < -0.3 is 15.4 Å². The first-order valence-electron chi connectivity index (χ1n) is 7.77. The molecule has 0 bridgehead atoms. The minimum Gasteiger partial charge on any atom is -0.380 e. The van der Waals surface area contributed by atoms with Crippen LogP contribution in [0.1, 0.15) is 36.6 Å². The lowest BCUT2D eigenvalue weighted by atomic mass is 10.1. The number of rotatable bonds is 7. The van der Waals surface area contributed by atoms with Crippen LogP contribution in [-0.2, 0) is 22.7 Å². The molecule has 0 aromatic heterocycles. The lowest BCUT2D eigenvalue weighted by Crippen LogP contribution is -2.19. The number of hydrogen-bond donors (Lipinski definition) is 2. The fraction of sp³-hybridized carbons (Fsp3) is 0.316. The van der Waals surface area contributed by atoms with Crippen molar-refractivity contribution >= 4 is 11.6 Å². The second kappa shape index (κ2) is 8.46. The van der Waals surface area contributed by atoms with Crippen LogP contribution in [0.2, 0.25) is 0 Å². The molecule has 4 heteroatoms. The zero-order chi connectivity index (χ0) is 16.7. The van der Waals surface area contributed by atoms with Crippen molar-refractivity contribution in [3.05, 3.63) is 65.2 Å². The Bertz CT molecular complexity index is 655. The number of carbonyl (C=O) groups is 1. The van der Waals surface area contributed by atoms with Crippen LogP contribution in [0, 0.1) is 0 Å². The third-order valence-corrected chi connectivity index (χ3v) is 3.72. The number of ether oxygens (including phenoxy) is 1. The second-order valence-corrected chi connectivity index (χ2v) is 5.61. The smallest absolute Gasteiger partial charge is 0.221 e. The summed E-state index contributed by atoms with van der Waals surface area (Å²) < 4.78 is 5.24. The van der Waals surface area contributed by atoms with Crippen molar-refractivity contribution in [1.82, 2.24) is 5.32 Å². The summed E-state index contributed by atoms with van der Waals surface area (Å²) in [6, 6.07) is 16.4.